The minimum absolute atomic E-state index is 0.0914. The Morgan fingerprint density at radius 3 is 2.62 bits per heavy atom. The Kier molecular flexibility index (Phi) is 6.33. The van der Waals surface area contributed by atoms with Gasteiger partial charge in [0.15, 0.2) is 6.61 Å². The number of carbonyl (C=O) groups excluding carboxylic acids is 2. The highest BCUT2D eigenvalue weighted by Gasteiger charge is 2.21. The molecule has 0 spiro atoms. The molecule has 3 aromatic rings. The lowest BCUT2D eigenvalue weighted by atomic mass is 10.2. The summed E-state index contributed by atoms with van der Waals surface area (Å²) in [5, 5.41) is 2.85. The molecule has 0 bridgehead atoms. The van der Waals surface area contributed by atoms with E-state index in [1.807, 2.05) is 47.8 Å². The Bertz CT molecular complexity index is 964. The van der Waals surface area contributed by atoms with Gasteiger partial charge in [0, 0.05) is 23.5 Å². The second-order valence-corrected chi connectivity index (χ2v) is 8.50. The summed E-state index contributed by atoms with van der Waals surface area (Å²) in [5.74, 6) is -0.609. The van der Waals surface area contributed by atoms with Crippen LogP contribution in [0.3, 0.4) is 0 Å². The van der Waals surface area contributed by atoms with Crippen molar-refractivity contribution < 1.29 is 19.1 Å². The minimum Gasteiger partial charge on any atom is -0.455 e. The number of esters is 1. The number of hydrogen-bond acceptors (Lipinski definition) is 7. The molecular weight excluding hydrogens is 408 g/mol. The predicted octanol–water partition coefficient (Wildman–Crippen LogP) is 3.48. The van der Waals surface area contributed by atoms with E-state index >= 15 is 0 Å². The van der Waals surface area contributed by atoms with Crippen LogP contribution in [0.5, 0.6) is 0 Å². The lowest BCUT2D eigenvalue weighted by Crippen LogP contribution is -2.42. The first-order valence-electron chi connectivity index (χ1n) is 9.31. The third-order valence-electron chi connectivity index (χ3n) is 4.50. The summed E-state index contributed by atoms with van der Waals surface area (Å²) in [4.78, 5) is 32.9. The molecule has 8 heteroatoms. The number of amides is 1. The average molecular weight is 429 g/mol. The molecule has 1 aromatic carbocycles. The van der Waals surface area contributed by atoms with Gasteiger partial charge in [0.05, 0.1) is 30.2 Å². The summed E-state index contributed by atoms with van der Waals surface area (Å²) in [6.45, 7) is 1.87. The second kappa shape index (κ2) is 9.30. The van der Waals surface area contributed by atoms with Crippen molar-refractivity contribution in [3.8, 4) is 21.1 Å². The van der Waals surface area contributed by atoms with Crippen molar-refractivity contribution in [2.75, 3.05) is 32.9 Å². The van der Waals surface area contributed by atoms with E-state index < -0.39 is 5.97 Å². The van der Waals surface area contributed by atoms with Crippen molar-refractivity contribution in [3.63, 3.8) is 0 Å². The number of nitrogens with zero attached hydrogens (tertiary/aromatic N) is 2. The molecular formula is C21H20N2O4S2. The molecule has 0 radical (unpaired) electrons. The van der Waals surface area contributed by atoms with Gasteiger partial charge >= 0.3 is 5.97 Å². The summed E-state index contributed by atoms with van der Waals surface area (Å²) in [6, 6.07) is 13.8. The third-order valence-corrected chi connectivity index (χ3v) is 6.48. The van der Waals surface area contributed by atoms with Crippen LogP contribution >= 0.6 is 22.7 Å². The first-order chi connectivity index (χ1) is 14.2. The fraction of sp³-hybridized carbons (Fsp3) is 0.286. The number of ether oxygens (including phenoxy) is 2. The number of rotatable bonds is 6. The topological polar surface area (TPSA) is 68.7 Å². The zero-order valence-electron chi connectivity index (χ0n) is 15.7. The zero-order chi connectivity index (χ0) is 20.1. The van der Waals surface area contributed by atoms with Crippen LogP contribution in [0.1, 0.15) is 4.88 Å². The molecule has 0 unspecified atom stereocenters. The summed E-state index contributed by atoms with van der Waals surface area (Å²) in [6.07, 6.45) is 0.0914. The molecule has 0 aliphatic carbocycles. The molecule has 2 aromatic heterocycles. The Morgan fingerprint density at radius 1 is 1.10 bits per heavy atom. The Hall–Kier alpha value is -2.55. The van der Waals surface area contributed by atoms with Crippen molar-refractivity contribution in [3.05, 3.63) is 52.7 Å². The number of benzene rings is 1. The summed E-state index contributed by atoms with van der Waals surface area (Å²) in [7, 11) is 0. The lowest BCUT2D eigenvalue weighted by Gasteiger charge is -2.26. The first kappa shape index (κ1) is 19.8. The zero-order valence-corrected chi connectivity index (χ0v) is 17.3. The largest absolute Gasteiger partial charge is 0.455 e. The van der Waals surface area contributed by atoms with E-state index in [2.05, 4.69) is 0 Å². The van der Waals surface area contributed by atoms with E-state index in [-0.39, 0.29) is 18.9 Å². The molecule has 0 atom stereocenters. The molecule has 1 fully saturated rings. The minimum atomic E-state index is -0.423. The molecule has 1 saturated heterocycles. The van der Waals surface area contributed by atoms with Gasteiger partial charge in [-0.05, 0) is 11.4 Å². The van der Waals surface area contributed by atoms with Gasteiger partial charge in [-0.1, -0.05) is 36.4 Å². The van der Waals surface area contributed by atoms with Crippen molar-refractivity contribution in [2.45, 2.75) is 6.42 Å². The SMILES string of the molecule is O=C(Cc1sc(-c2ccccc2)nc1-c1cccs1)OCC(=O)N1CCOCC1. The van der Waals surface area contributed by atoms with E-state index in [0.29, 0.717) is 26.3 Å². The standard InChI is InChI=1S/C21H20N2O4S2/c24-18(23-8-10-26-11-9-23)14-27-19(25)13-17-20(16-7-4-12-28-16)22-21(29-17)15-5-2-1-3-6-15/h1-7,12H,8-11,13-14H2. The van der Waals surface area contributed by atoms with Gasteiger partial charge in [-0.3, -0.25) is 9.59 Å². The Balaban J connectivity index is 1.46. The molecule has 0 saturated carbocycles. The van der Waals surface area contributed by atoms with Crippen molar-refractivity contribution in [1.82, 2.24) is 9.88 Å². The maximum atomic E-state index is 12.4. The summed E-state index contributed by atoms with van der Waals surface area (Å²) >= 11 is 3.07. The second-order valence-electron chi connectivity index (χ2n) is 6.46. The van der Waals surface area contributed by atoms with E-state index in [0.717, 1.165) is 26.0 Å². The monoisotopic (exact) mass is 428 g/mol. The number of morpholine rings is 1. The van der Waals surface area contributed by atoms with E-state index in [4.69, 9.17) is 14.5 Å². The highest BCUT2D eigenvalue weighted by atomic mass is 32.1. The van der Waals surface area contributed by atoms with Gasteiger partial charge in [-0.25, -0.2) is 4.98 Å². The number of thiazole rings is 1. The van der Waals surface area contributed by atoms with Gasteiger partial charge in [-0.2, -0.15) is 0 Å². The lowest BCUT2D eigenvalue weighted by molar-refractivity contribution is -0.153. The van der Waals surface area contributed by atoms with Crippen molar-refractivity contribution in [2.24, 2.45) is 0 Å². The van der Waals surface area contributed by atoms with Crippen LogP contribution in [0.25, 0.3) is 21.1 Å². The van der Waals surface area contributed by atoms with Crippen molar-refractivity contribution in [1.29, 1.82) is 0 Å². The molecule has 1 amide bonds. The van der Waals surface area contributed by atoms with Crippen LogP contribution in [-0.4, -0.2) is 54.7 Å². The summed E-state index contributed by atoms with van der Waals surface area (Å²) < 4.78 is 10.5. The van der Waals surface area contributed by atoms with Crippen LogP contribution in [0, 0.1) is 0 Å². The molecule has 150 valence electrons. The molecule has 1 aliphatic rings. The highest BCUT2D eigenvalue weighted by Crippen LogP contribution is 2.36. The van der Waals surface area contributed by atoms with Crippen molar-refractivity contribution >= 4 is 34.6 Å². The number of carbonyl (C=O) groups is 2. The Morgan fingerprint density at radius 2 is 1.90 bits per heavy atom. The molecule has 3 heterocycles. The maximum absolute atomic E-state index is 12.4. The van der Waals surface area contributed by atoms with Gasteiger partial charge in [0.1, 0.15) is 5.01 Å². The normalized spacial score (nSPS) is 14.0. The van der Waals surface area contributed by atoms with E-state index in [9.17, 15) is 9.59 Å². The van der Waals surface area contributed by atoms with Crippen LogP contribution in [-0.2, 0) is 25.5 Å². The summed E-state index contributed by atoms with van der Waals surface area (Å²) in [5.41, 5.74) is 1.82. The first-order valence-corrected chi connectivity index (χ1v) is 11.0. The van der Waals surface area contributed by atoms with Crippen LogP contribution < -0.4 is 0 Å². The molecule has 4 rings (SSSR count). The smallest absolute Gasteiger partial charge is 0.311 e. The third kappa shape index (κ3) is 4.90. The number of thiophene rings is 1. The number of hydrogen-bond donors (Lipinski definition) is 0. The van der Waals surface area contributed by atoms with Gasteiger partial charge in [-0.15, -0.1) is 22.7 Å². The molecule has 0 N–H and O–H groups in total. The molecule has 6 nitrogen and oxygen atoms in total. The quantitative estimate of drug-likeness (QED) is 0.562. The maximum Gasteiger partial charge on any atom is 0.311 e. The van der Waals surface area contributed by atoms with E-state index in [1.165, 1.54) is 11.3 Å². The fourth-order valence-corrected chi connectivity index (χ4v) is 4.88. The highest BCUT2D eigenvalue weighted by molar-refractivity contribution is 7.17. The van der Waals surface area contributed by atoms with Gasteiger partial charge in [0.2, 0.25) is 0 Å². The Labute approximate surface area is 176 Å². The van der Waals surface area contributed by atoms with Crippen LogP contribution in [0.4, 0.5) is 0 Å². The molecule has 29 heavy (non-hydrogen) atoms. The van der Waals surface area contributed by atoms with Crippen LogP contribution in [0.2, 0.25) is 0 Å². The van der Waals surface area contributed by atoms with Gasteiger partial charge in [0.25, 0.3) is 5.91 Å². The predicted molar refractivity (Wildman–Crippen MR) is 113 cm³/mol. The number of aromatic nitrogens is 1. The fourth-order valence-electron chi connectivity index (χ4n) is 3.01. The van der Waals surface area contributed by atoms with Gasteiger partial charge < -0.3 is 14.4 Å². The van der Waals surface area contributed by atoms with E-state index in [1.54, 1.807) is 16.2 Å². The van der Waals surface area contributed by atoms with Crippen LogP contribution in [0.15, 0.2) is 47.8 Å². The molecule has 1 aliphatic heterocycles. The average Bonchev–Trinajstić information content (AvgIpc) is 3.43.